The maximum atomic E-state index is 12.8. The van der Waals surface area contributed by atoms with Crippen LogP contribution in [0.25, 0.3) is 0 Å². The van der Waals surface area contributed by atoms with E-state index in [-0.39, 0.29) is 17.7 Å². The third-order valence-electron chi connectivity index (χ3n) is 4.26. The van der Waals surface area contributed by atoms with Crippen molar-refractivity contribution in [3.8, 4) is 5.75 Å². The van der Waals surface area contributed by atoms with Crippen LogP contribution in [0.2, 0.25) is 0 Å². The van der Waals surface area contributed by atoms with Gasteiger partial charge < -0.3 is 18.6 Å². The molecule has 0 unspecified atom stereocenters. The molecule has 0 bridgehead atoms. The van der Waals surface area contributed by atoms with Crippen molar-refractivity contribution < 1.29 is 13.9 Å². The quantitative estimate of drug-likeness (QED) is 0.739. The van der Waals surface area contributed by atoms with Crippen molar-refractivity contribution in [1.29, 1.82) is 0 Å². The number of rotatable bonds is 3. The number of nitrogens with zero attached hydrogens (tertiary/aromatic N) is 4. The van der Waals surface area contributed by atoms with E-state index in [0.717, 1.165) is 17.1 Å². The highest BCUT2D eigenvalue weighted by Crippen LogP contribution is 2.31. The van der Waals surface area contributed by atoms with Gasteiger partial charge in [0, 0.05) is 18.9 Å². The van der Waals surface area contributed by atoms with Crippen molar-refractivity contribution in [3.05, 3.63) is 66.4 Å². The lowest BCUT2D eigenvalue weighted by Gasteiger charge is -2.36. The summed E-state index contributed by atoms with van der Waals surface area (Å²) < 4.78 is 12.5. The summed E-state index contributed by atoms with van der Waals surface area (Å²) in [5.74, 6) is 1.68. The van der Waals surface area contributed by atoms with Gasteiger partial charge in [0.2, 0.25) is 5.76 Å². The van der Waals surface area contributed by atoms with E-state index in [4.69, 9.17) is 9.15 Å². The molecule has 0 N–H and O–H groups in total. The number of ether oxygens (including phenoxy) is 1. The van der Waals surface area contributed by atoms with E-state index < -0.39 is 0 Å². The Labute approximate surface area is 138 Å². The highest BCUT2D eigenvalue weighted by atomic mass is 16.5. The zero-order chi connectivity index (χ0) is 16.5. The zero-order valence-corrected chi connectivity index (χ0v) is 13.1. The highest BCUT2D eigenvalue weighted by molar-refractivity contribution is 5.91. The molecule has 1 atom stereocenters. The van der Waals surface area contributed by atoms with Gasteiger partial charge in [0.05, 0.1) is 25.9 Å². The van der Waals surface area contributed by atoms with E-state index in [1.165, 1.54) is 12.6 Å². The number of amides is 1. The maximum absolute atomic E-state index is 12.8. The number of imidazole rings is 1. The summed E-state index contributed by atoms with van der Waals surface area (Å²) in [7, 11) is 1.63. The Kier molecular flexibility index (Phi) is 3.53. The molecule has 7 nitrogen and oxygen atoms in total. The van der Waals surface area contributed by atoms with Gasteiger partial charge in [-0.2, -0.15) is 0 Å². The molecule has 1 amide bonds. The molecule has 4 rings (SSSR count). The number of oxazole rings is 1. The van der Waals surface area contributed by atoms with Crippen LogP contribution in [0.5, 0.6) is 5.75 Å². The molecule has 0 aliphatic carbocycles. The minimum atomic E-state index is -0.192. The van der Waals surface area contributed by atoms with Crippen LogP contribution in [-0.4, -0.2) is 32.5 Å². The Morgan fingerprint density at radius 2 is 2.17 bits per heavy atom. The van der Waals surface area contributed by atoms with E-state index in [1.807, 2.05) is 30.5 Å². The molecule has 1 aromatic carbocycles. The normalized spacial score (nSPS) is 16.7. The molecule has 1 aliphatic rings. The molecule has 7 heteroatoms. The molecule has 2 aromatic heterocycles. The lowest BCUT2D eigenvalue weighted by atomic mass is 10.0. The molecule has 0 fully saturated rings. The fourth-order valence-electron chi connectivity index (χ4n) is 2.99. The van der Waals surface area contributed by atoms with Crippen molar-refractivity contribution in [2.75, 3.05) is 7.11 Å². The Hall–Kier alpha value is -3.09. The Morgan fingerprint density at radius 1 is 1.33 bits per heavy atom. The van der Waals surface area contributed by atoms with Gasteiger partial charge in [0.1, 0.15) is 11.6 Å². The summed E-state index contributed by atoms with van der Waals surface area (Å²) in [6.45, 7) is 1.06. The number of aromatic nitrogens is 3. The first-order chi connectivity index (χ1) is 11.8. The second-order valence-electron chi connectivity index (χ2n) is 5.58. The van der Waals surface area contributed by atoms with Crippen LogP contribution in [0, 0.1) is 0 Å². The number of benzene rings is 1. The molecule has 3 aromatic rings. The molecule has 0 saturated carbocycles. The van der Waals surface area contributed by atoms with Gasteiger partial charge in [-0.1, -0.05) is 12.1 Å². The average Bonchev–Trinajstić information content (AvgIpc) is 3.31. The van der Waals surface area contributed by atoms with Crippen molar-refractivity contribution in [2.45, 2.75) is 19.1 Å². The lowest BCUT2D eigenvalue weighted by Crippen LogP contribution is -2.41. The van der Waals surface area contributed by atoms with E-state index in [0.29, 0.717) is 13.1 Å². The number of methoxy groups -OCH3 is 1. The van der Waals surface area contributed by atoms with Gasteiger partial charge >= 0.3 is 0 Å². The smallest absolute Gasteiger partial charge is 0.292 e. The van der Waals surface area contributed by atoms with Gasteiger partial charge in [-0.05, 0) is 17.7 Å². The molecule has 0 spiro atoms. The molecule has 122 valence electrons. The first kappa shape index (κ1) is 14.5. The van der Waals surface area contributed by atoms with Gasteiger partial charge in [0.15, 0.2) is 6.39 Å². The number of fused-ring (bicyclic) bond motifs is 1. The lowest BCUT2D eigenvalue weighted by molar-refractivity contribution is 0.0552. The summed E-state index contributed by atoms with van der Waals surface area (Å²) in [5.41, 5.74) is 1.03. The van der Waals surface area contributed by atoms with E-state index in [2.05, 4.69) is 14.5 Å². The first-order valence-electron chi connectivity index (χ1n) is 7.59. The minimum Gasteiger partial charge on any atom is -0.497 e. The predicted molar refractivity (Wildman–Crippen MR) is 84.3 cm³/mol. The van der Waals surface area contributed by atoms with E-state index in [1.54, 1.807) is 18.2 Å². The van der Waals surface area contributed by atoms with Crippen LogP contribution < -0.4 is 4.74 Å². The van der Waals surface area contributed by atoms with Crippen LogP contribution >= 0.6 is 0 Å². The van der Waals surface area contributed by atoms with Crippen molar-refractivity contribution in [2.24, 2.45) is 0 Å². The zero-order valence-electron chi connectivity index (χ0n) is 13.1. The Balaban J connectivity index is 1.71. The Morgan fingerprint density at radius 3 is 2.88 bits per heavy atom. The summed E-state index contributed by atoms with van der Waals surface area (Å²) in [6.07, 6.45) is 6.39. The fourth-order valence-corrected chi connectivity index (χ4v) is 2.99. The average molecular weight is 324 g/mol. The summed E-state index contributed by atoms with van der Waals surface area (Å²) in [5, 5.41) is 0. The summed E-state index contributed by atoms with van der Waals surface area (Å²) >= 11 is 0. The van der Waals surface area contributed by atoms with E-state index in [9.17, 15) is 4.79 Å². The van der Waals surface area contributed by atoms with Gasteiger partial charge in [-0.15, -0.1) is 0 Å². The second-order valence-corrected chi connectivity index (χ2v) is 5.58. The molecule has 0 saturated heterocycles. The molecule has 0 radical (unpaired) electrons. The highest BCUT2D eigenvalue weighted by Gasteiger charge is 2.33. The van der Waals surface area contributed by atoms with Crippen LogP contribution in [0.15, 0.2) is 53.7 Å². The fraction of sp³-hybridized carbons (Fsp3) is 0.235. The predicted octanol–water partition coefficient (Wildman–Crippen LogP) is 2.28. The largest absolute Gasteiger partial charge is 0.497 e. The van der Waals surface area contributed by atoms with Crippen LogP contribution in [0.4, 0.5) is 0 Å². The van der Waals surface area contributed by atoms with Gasteiger partial charge in [-0.25, -0.2) is 9.97 Å². The summed E-state index contributed by atoms with van der Waals surface area (Å²) in [4.78, 5) is 22.8. The molecular formula is C17H16N4O3. The van der Waals surface area contributed by atoms with Gasteiger partial charge in [-0.3, -0.25) is 4.79 Å². The SMILES string of the molecule is COc1ccc([C@H]2Cn3ccnc3CN2C(=O)c2cnco2)cc1. The molecule has 24 heavy (non-hydrogen) atoms. The number of carbonyl (C=O) groups is 1. The second kappa shape index (κ2) is 5.84. The monoisotopic (exact) mass is 324 g/mol. The number of hydrogen-bond acceptors (Lipinski definition) is 5. The van der Waals surface area contributed by atoms with Crippen molar-refractivity contribution in [3.63, 3.8) is 0 Å². The summed E-state index contributed by atoms with van der Waals surface area (Å²) in [6, 6.07) is 7.64. The molecular weight excluding hydrogens is 308 g/mol. The van der Waals surface area contributed by atoms with E-state index >= 15 is 0 Å². The van der Waals surface area contributed by atoms with Crippen LogP contribution in [0.3, 0.4) is 0 Å². The molecule has 1 aliphatic heterocycles. The van der Waals surface area contributed by atoms with Gasteiger partial charge in [0.25, 0.3) is 5.91 Å². The van der Waals surface area contributed by atoms with Crippen molar-refractivity contribution >= 4 is 5.91 Å². The third-order valence-corrected chi connectivity index (χ3v) is 4.26. The maximum Gasteiger partial charge on any atom is 0.292 e. The van der Waals surface area contributed by atoms with Crippen molar-refractivity contribution in [1.82, 2.24) is 19.4 Å². The number of hydrogen-bond donors (Lipinski definition) is 0. The Bertz CT molecular complexity index is 839. The number of carbonyl (C=O) groups excluding carboxylic acids is 1. The topological polar surface area (TPSA) is 73.4 Å². The standard InChI is InChI=1S/C17H16N4O3/c1-23-13-4-2-12(3-5-13)14-9-20-7-6-19-16(20)10-21(14)17(22)15-8-18-11-24-15/h2-8,11,14H,9-10H2,1H3/t14-/m1/s1. The molecule has 3 heterocycles. The third kappa shape index (κ3) is 2.44. The minimum absolute atomic E-state index is 0.116. The van der Waals surface area contributed by atoms with Crippen LogP contribution in [0.1, 0.15) is 28.0 Å². The van der Waals surface area contributed by atoms with Crippen LogP contribution in [-0.2, 0) is 13.1 Å². The first-order valence-corrected chi connectivity index (χ1v) is 7.59.